The summed E-state index contributed by atoms with van der Waals surface area (Å²) in [6, 6.07) is 4.29. The number of nitrogens with zero attached hydrogens (tertiary/aromatic N) is 1. The van der Waals surface area contributed by atoms with Gasteiger partial charge in [-0.25, -0.2) is 4.39 Å². The van der Waals surface area contributed by atoms with Crippen molar-refractivity contribution in [3.05, 3.63) is 29.6 Å². The predicted molar refractivity (Wildman–Crippen MR) is 59.6 cm³/mol. The highest BCUT2D eigenvalue weighted by atomic mass is 19.1. The number of hydrogen-bond acceptors (Lipinski definition) is 3. The van der Waals surface area contributed by atoms with Crippen molar-refractivity contribution in [1.82, 2.24) is 0 Å². The number of aliphatic hydroxyl groups excluding tert-OH is 1. The summed E-state index contributed by atoms with van der Waals surface area (Å²) >= 11 is 0. The van der Waals surface area contributed by atoms with Crippen LogP contribution in [0.25, 0.3) is 0 Å². The number of carbonyl (C=O) groups excluding carboxylic acids is 1. The highest BCUT2D eigenvalue weighted by Gasteiger charge is 2.19. The lowest BCUT2D eigenvalue weighted by Gasteiger charge is -2.20. The van der Waals surface area contributed by atoms with Crippen molar-refractivity contribution in [2.75, 3.05) is 18.5 Å². The third-order valence-electron chi connectivity index (χ3n) is 2.37. The number of halogens is 1. The molecule has 1 aromatic rings. The molecule has 0 heterocycles. The smallest absolute Gasteiger partial charge is 0.256 e. The lowest BCUT2D eigenvalue weighted by molar-refractivity contribution is -0.125. The summed E-state index contributed by atoms with van der Waals surface area (Å²) in [7, 11) is 1.51. The topological polar surface area (TPSA) is 66.6 Å². The second-order valence-corrected chi connectivity index (χ2v) is 3.58. The number of amides is 1. The van der Waals surface area contributed by atoms with Crippen molar-refractivity contribution < 1.29 is 14.3 Å². The van der Waals surface area contributed by atoms with E-state index >= 15 is 0 Å². The minimum absolute atomic E-state index is 0.136. The molecule has 16 heavy (non-hydrogen) atoms. The van der Waals surface area contributed by atoms with Gasteiger partial charge in [0.25, 0.3) is 5.91 Å². The van der Waals surface area contributed by atoms with Crippen molar-refractivity contribution >= 4 is 11.6 Å². The zero-order valence-corrected chi connectivity index (χ0v) is 9.27. The van der Waals surface area contributed by atoms with Crippen LogP contribution in [-0.2, 0) is 4.79 Å². The Kier molecular flexibility index (Phi) is 3.98. The third-order valence-corrected chi connectivity index (χ3v) is 2.37. The fraction of sp³-hybridized carbons (Fsp3) is 0.364. The normalized spacial score (nSPS) is 12.3. The van der Waals surface area contributed by atoms with Gasteiger partial charge in [0.1, 0.15) is 11.9 Å². The molecular formula is C11H15FN2O2. The van der Waals surface area contributed by atoms with Gasteiger partial charge < -0.3 is 15.7 Å². The second-order valence-electron chi connectivity index (χ2n) is 3.58. The van der Waals surface area contributed by atoms with Gasteiger partial charge in [-0.2, -0.15) is 0 Å². The molecule has 0 aliphatic heterocycles. The van der Waals surface area contributed by atoms with Crippen molar-refractivity contribution in [1.29, 1.82) is 0 Å². The van der Waals surface area contributed by atoms with Gasteiger partial charge in [-0.05, 0) is 30.7 Å². The lowest BCUT2D eigenvalue weighted by atomic mass is 10.2. The number of hydrogen-bond donors (Lipinski definition) is 2. The van der Waals surface area contributed by atoms with Crippen LogP contribution < -0.4 is 10.6 Å². The lowest BCUT2D eigenvalue weighted by Crippen LogP contribution is -2.40. The summed E-state index contributed by atoms with van der Waals surface area (Å²) in [5.41, 5.74) is 6.15. The van der Waals surface area contributed by atoms with E-state index in [-0.39, 0.29) is 12.4 Å². The minimum Gasteiger partial charge on any atom is -0.382 e. The summed E-state index contributed by atoms with van der Waals surface area (Å²) in [5.74, 6) is -0.836. The quantitative estimate of drug-likeness (QED) is 0.784. The Morgan fingerprint density at radius 2 is 2.25 bits per heavy atom. The number of nitrogens with two attached hydrogens (primary N) is 1. The summed E-state index contributed by atoms with van der Waals surface area (Å²) in [4.78, 5) is 12.8. The molecule has 4 nitrogen and oxygen atoms in total. The van der Waals surface area contributed by atoms with Crippen LogP contribution >= 0.6 is 0 Å². The number of carbonyl (C=O) groups is 1. The average molecular weight is 226 g/mol. The average Bonchev–Trinajstić information content (AvgIpc) is 2.29. The van der Waals surface area contributed by atoms with Gasteiger partial charge >= 0.3 is 0 Å². The van der Waals surface area contributed by atoms with Crippen molar-refractivity contribution in [3.63, 3.8) is 0 Å². The predicted octanol–water partition coefficient (Wildman–Crippen LogP) is 0.417. The van der Waals surface area contributed by atoms with Crippen LogP contribution in [0.5, 0.6) is 0 Å². The first kappa shape index (κ1) is 12.6. The fourth-order valence-electron chi connectivity index (χ4n) is 1.29. The van der Waals surface area contributed by atoms with Crippen LogP contribution in [0.3, 0.4) is 0 Å². The van der Waals surface area contributed by atoms with E-state index in [1.807, 2.05) is 0 Å². The zero-order chi connectivity index (χ0) is 12.3. The first-order valence-corrected chi connectivity index (χ1v) is 4.89. The molecule has 0 saturated heterocycles. The van der Waals surface area contributed by atoms with Gasteiger partial charge in [0.2, 0.25) is 0 Å². The molecule has 0 fully saturated rings. The van der Waals surface area contributed by atoms with E-state index in [4.69, 9.17) is 5.73 Å². The Morgan fingerprint density at radius 3 is 2.75 bits per heavy atom. The summed E-state index contributed by atoms with van der Waals surface area (Å²) in [5, 5.41) is 9.29. The first-order valence-electron chi connectivity index (χ1n) is 4.89. The molecule has 1 unspecified atom stereocenters. The fourth-order valence-corrected chi connectivity index (χ4v) is 1.29. The molecule has 0 aliphatic rings. The minimum atomic E-state index is -1.23. The van der Waals surface area contributed by atoms with Gasteiger partial charge in [0.05, 0.1) is 0 Å². The van der Waals surface area contributed by atoms with Crippen molar-refractivity contribution in [2.24, 2.45) is 5.73 Å². The highest BCUT2D eigenvalue weighted by Crippen LogP contribution is 2.17. The maximum absolute atomic E-state index is 13.0. The molecule has 0 aromatic heterocycles. The van der Waals surface area contributed by atoms with Crippen LogP contribution in [0.2, 0.25) is 0 Å². The maximum atomic E-state index is 13.0. The first-order chi connectivity index (χ1) is 7.47. The number of anilines is 1. The Balaban J connectivity index is 2.92. The van der Waals surface area contributed by atoms with Crippen molar-refractivity contribution in [2.45, 2.75) is 13.0 Å². The Hall–Kier alpha value is -1.46. The van der Waals surface area contributed by atoms with Crippen LogP contribution in [0.15, 0.2) is 18.2 Å². The largest absolute Gasteiger partial charge is 0.382 e. The number of aryl methyl sites for hydroxylation is 1. The Labute approximate surface area is 93.5 Å². The molecule has 1 amide bonds. The standard InChI is InChI=1S/C11H15FN2O2/c1-7-5-8(3-4-9(7)12)14(2)11(16)10(15)6-13/h3-5,10,15H,6,13H2,1-2H3. The van der Waals surface area contributed by atoms with E-state index in [1.165, 1.54) is 30.1 Å². The van der Waals surface area contributed by atoms with E-state index in [2.05, 4.69) is 0 Å². The summed E-state index contributed by atoms with van der Waals surface area (Å²) in [6.07, 6.45) is -1.23. The molecule has 0 saturated carbocycles. The van der Waals surface area contributed by atoms with E-state index < -0.39 is 12.0 Å². The summed E-state index contributed by atoms with van der Waals surface area (Å²) < 4.78 is 13.0. The van der Waals surface area contributed by atoms with Crippen LogP contribution in [0.4, 0.5) is 10.1 Å². The molecule has 0 radical (unpaired) electrons. The molecule has 88 valence electrons. The number of likely N-dealkylation sites (N-methyl/N-ethyl adjacent to an activating group) is 1. The van der Waals surface area contributed by atoms with Crippen LogP contribution in [-0.4, -0.2) is 30.7 Å². The maximum Gasteiger partial charge on any atom is 0.256 e. The SMILES string of the molecule is Cc1cc(N(C)C(=O)C(O)CN)ccc1F. The molecule has 0 aliphatic carbocycles. The van der Waals surface area contributed by atoms with Gasteiger partial charge in [0.15, 0.2) is 0 Å². The van der Waals surface area contributed by atoms with Crippen LogP contribution in [0, 0.1) is 12.7 Å². The molecule has 3 N–H and O–H groups in total. The second kappa shape index (κ2) is 5.05. The highest BCUT2D eigenvalue weighted by molar-refractivity contribution is 5.96. The van der Waals surface area contributed by atoms with Gasteiger partial charge in [-0.1, -0.05) is 0 Å². The molecule has 1 atom stereocenters. The van der Waals surface area contributed by atoms with E-state index in [1.54, 1.807) is 6.92 Å². The van der Waals surface area contributed by atoms with Gasteiger partial charge in [-0.3, -0.25) is 4.79 Å². The van der Waals surface area contributed by atoms with Gasteiger partial charge in [-0.15, -0.1) is 0 Å². The van der Waals surface area contributed by atoms with Crippen LogP contribution in [0.1, 0.15) is 5.56 Å². The molecule has 5 heteroatoms. The Morgan fingerprint density at radius 1 is 1.62 bits per heavy atom. The Bertz CT molecular complexity index is 396. The zero-order valence-electron chi connectivity index (χ0n) is 9.27. The molecule has 1 aromatic carbocycles. The number of rotatable bonds is 3. The van der Waals surface area contributed by atoms with E-state index in [0.717, 1.165) is 0 Å². The van der Waals surface area contributed by atoms with E-state index in [0.29, 0.717) is 11.3 Å². The number of aliphatic hydroxyl groups is 1. The third kappa shape index (κ3) is 2.56. The molecule has 0 spiro atoms. The molecular weight excluding hydrogens is 211 g/mol. The summed E-state index contributed by atoms with van der Waals surface area (Å²) in [6.45, 7) is 1.47. The monoisotopic (exact) mass is 226 g/mol. The van der Waals surface area contributed by atoms with Gasteiger partial charge in [0, 0.05) is 19.3 Å². The van der Waals surface area contributed by atoms with Crippen molar-refractivity contribution in [3.8, 4) is 0 Å². The molecule has 0 bridgehead atoms. The number of benzene rings is 1. The van der Waals surface area contributed by atoms with E-state index in [9.17, 15) is 14.3 Å². The molecule has 1 rings (SSSR count).